The molecule has 0 spiro atoms. The molecule has 2 amide bonds. The van der Waals surface area contributed by atoms with E-state index in [-0.39, 0.29) is 25.3 Å². The van der Waals surface area contributed by atoms with Crippen LogP contribution >= 0.6 is 13.5 Å². The van der Waals surface area contributed by atoms with Crippen LogP contribution in [-0.4, -0.2) is 28.5 Å². The SMILES string of the molecule is CC(C)(C=O)CC(C)(C)N1C(=O)C=CC1=O.S. The lowest BCUT2D eigenvalue weighted by atomic mass is 9.80. The number of imide groups is 1. The molecule has 0 aromatic heterocycles. The van der Waals surface area contributed by atoms with Crippen LogP contribution < -0.4 is 0 Å². The Bertz CT molecular complexity index is 354. The van der Waals surface area contributed by atoms with Crippen LogP contribution in [0.2, 0.25) is 0 Å². The van der Waals surface area contributed by atoms with E-state index in [1.807, 2.05) is 0 Å². The van der Waals surface area contributed by atoms with Crippen molar-refractivity contribution in [2.45, 2.75) is 39.7 Å². The Morgan fingerprint density at radius 3 is 1.88 bits per heavy atom. The van der Waals surface area contributed by atoms with Gasteiger partial charge in [0, 0.05) is 23.1 Å². The molecule has 4 nitrogen and oxygen atoms in total. The molecule has 5 heteroatoms. The molecule has 0 bridgehead atoms. The second-order valence-electron chi connectivity index (χ2n) is 5.44. The Kier molecular flexibility index (Phi) is 4.71. The monoisotopic (exact) mass is 257 g/mol. The molecule has 1 aliphatic rings. The van der Waals surface area contributed by atoms with Crippen LogP contribution in [0.4, 0.5) is 0 Å². The summed E-state index contributed by atoms with van der Waals surface area (Å²) in [5.41, 5.74) is -1.20. The molecule has 96 valence electrons. The van der Waals surface area contributed by atoms with Crippen LogP contribution in [0.1, 0.15) is 34.1 Å². The lowest BCUT2D eigenvalue weighted by molar-refractivity contribution is -0.144. The minimum absolute atomic E-state index is 0. The van der Waals surface area contributed by atoms with Crippen molar-refractivity contribution >= 4 is 31.6 Å². The van der Waals surface area contributed by atoms with E-state index in [0.29, 0.717) is 6.42 Å². The van der Waals surface area contributed by atoms with Gasteiger partial charge in [-0.05, 0) is 20.3 Å². The Morgan fingerprint density at radius 1 is 1.12 bits per heavy atom. The first kappa shape index (κ1) is 15.9. The Hall–Kier alpha value is -1.10. The molecule has 17 heavy (non-hydrogen) atoms. The highest BCUT2D eigenvalue weighted by Crippen LogP contribution is 2.31. The molecular weight excluding hydrogens is 238 g/mol. The zero-order chi connectivity index (χ0) is 12.6. The van der Waals surface area contributed by atoms with E-state index >= 15 is 0 Å². The van der Waals surface area contributed by atoms with Crippen LogP contribution in [0.15, 0.2) is 12.2 Å². The maximum Gasteiger partial charge on any atom is 0.254 e. The number of hydrogen-bond acceptors (Lipinski definition) is 3. The summed E-state index contributed by atoms with van der Waals surface area (Å²) in [5, 5.41) is 0. The molecule has 0 saturated heterocycles. The molecule has 0 atom stereocenters. The average Bonchev–Trinajstić information content (AvgIpc) is 2.44. The molecule has 0 unspecified atom stereocenters. The zero-order valence-electron chi connectivity index (χ0n) is 10.6. The van der Waals surface area contributed by atoms with E-state index in [1.165, 1.54) is 17.1 Å². The number of rotatable bonds is 4. The summed E-state index contributed by atoms with van der Waals surface area (Å²) in [7, 11) is 0. The number of carbonyl (C=O) groups excluding carboxylic acids is 3. The van der Waals surface area contributed by atoms with E-state index in [0.717, 1.165) is 6.29 Å². The first-order valence-electron chi connectivity index (χ1n) is 5.22. The molecule has 1 heterocycles. The van der Waals surface area contributed by atoms with Crippen molar-refractivity contribution < 1.29 is 14.4 Å². The zero-order valence-corrected chi connectivity index (χ0v) is 11.6. The summed E-state index contributed by atoms with van der Waals surface area (Å²) < 4.78 is 0. The van der Waals surface area contributed by atoms with Gasteiger partial charge in [0.15, 0.2) is 0 Å². The fourth-order valence-electron chi connectivity index (χ4n) is 2.23. The molecule has 0 aromatic carbocycles. The minimum atomic E-state index is -0.651. The van der Waals surface area contributed by atoms with E-state index in [1.54, 1.807) is 27.7 Å². The van der Waals surface area contributed by atoms with Crippen molar-refractivity contribution in [3.05, 3.63) is 12.2 Å². The highest BCUT2D eigenvalue weighted by Gasteiger charge is 2.40. The van der Waals surface area contributed by atoms with Gasteiger partial charge in [-0.15, -0.1) is 0 Å². The highest BCUT2D eigenvalue weighted by molar-refractivity contribution is 7.59. The van der Waals surface area contributed by atoms with Crippen molar-refractivity contribution in [1.29, 1.82) is 0 Å². The van der Waals surface area contributed by atoms with Crippen molar-refractivity contribution in [1.82, 2.24) is 4.90 Å². The third kappa shape index (κ3) is 3.43. The fourth-order valence-corrected chi connectivity index (χ4v) is 2.23. The standard InChI is InChI=1S/C12H17NO3.H2S/c1-11(2,8-14)7-12(3,4)13-9(15)5-6-10(13)16;/h5-6,8H,7H2,1-4H3;1H2. The van der Waals surface area contributed by atoms with Gasteiger partial charge >= 0.3 is 0 Å². The molecule has 0 radical (unpaired) electrons. The number of carbonyl (C=O) groups is 3. The first-order chi connectivity index (χ1) is 7.19. The van der Waals surface area contributed by atoms with Crippen molar-refractivity contribution in [2.75, 3.05) is 0 Å². The highest BCUT2D eigenvalue weighted by atomic mass is 32.1. The Morgan fingerprint density at radius 2 is 1.53 bits per heavy atom. The molecule has 0 saturated carbocycles. The van der Waals surface area contributed by atoms with E-state index in [9.17, 15) is 14.4 Å². The summed E-state index contributed by atoms with van der Waals surface area (Å²) in [6, 6.07) is 0. The number of aldehydes is 1. The van der Waals surface area contributed by atoms with E-state index in [4.69, 9.17) is 0 Å². The van der Waals surface area contributed by atoms with Gasteiger partial charge in [-0.3, -0.25) is 14.5 Å². The van der Waals surface area contributed by atoms with E-state index in [2.05, 4.69) is 0 Å². The predicted octanol–water partition coefficient (Wildman–Crippen LogP) is 1.42. The van der Waals surface area contributed by atoms with Gasteiger partial charge in [-0.25, -0.2) is 0 Å². The summed E-state index contributed by atoms with van der Waals surface area (Å²) in [6.45, 7) is 7.17. The van der Waals surface area contributed by atoms with Crippen LogP contribution in [0.5, 0.6) is 0 Å². The van der Waals surface area contributed by atoms with Crippen molar-refractivity contribution in [3.8, 4) is 0 Å². The summed E-state index contributed by atoms with van der Waals surface area (Å²) >= 11 is 0. The number of nitrogens with zero attached hydrogens (tertiary/aromatic N) is 1. The third-order valence-corrected chi connectivity index (χ3v) is 2.62. The van der Waals surface area contributed by atoms with Crippen LogP contribution in [0.25, 0.3) is 0 Å². The van der Waals surface area contributed by atoms with Crippen molar-refractivity contribution in [2.24, 2.45) is 5.41 Å². The predicted molar refractivity (Wildman–Crippen MR) is 69.9 cm³/mol. The van der Waals surface area contributed by atoms with Crippen LogP contribution in [0, 0.1) is 5.41 Å². The average molecular weight is 257 g/mol. The Balaban J connectivity index is 0.00000256. The minimum Gasteiger partial charge on any atom is -0.303 e. The third-order valence-electron chi connectivity index (χ3n) is 2.62. The number of amides is 2. The molecule has 0 aliphatic carbocycles. The smallest absolute Gasteiger partial charge is 0.254 e. The van der Waals surface area contributed by atoms with E-state index < -0.39 is 11.0 Å². The summed E-state index contributed by atoms with van der Waals surface area (Å²) in [5.74, 6) is -0.617. The normalized spacial score (nSPS) is 16.1. The van der Waals surface area contributed by atoms with Gasteiger partial charge in [0.1, 0.15) is 6.29 Å². The second kappa shape index (κ2) is 5.04. The van der Waals surface area contributed by atoms with Crippen molar-refractivity contribution in [3.63, 3.8) is 0 Å². The van der Waals surface area contributed by atoms with Crippen LogP contribution in [-0.2, 0) is 14.4 Å². The molecule has 0 fully saturated rings. The second-order valence-corrected chi connectivity index (χ2v) is 5.44. The summed E-state index contributed by atoms with van der Waals surface area (Å²) in [6.07, 6.45) is 3.83. The van der Waals surface area contributed by atoms with Gasteiger partial charge in [0.05, 0.1) is 0 Å². The quantitative estimate of drug-likeness (QED) is 0.565. The van der Waals surface area contributed by atoms with Gasteiger partial charge < -0.3 is 4.79 Å². The Labute approximate surface area is 108 Å². The lowest BCUT2D eigenvalue weighted by Crippen LogP contribution is -2.50. The maximum atomic E-state index is 11.5. The first-order valence-corrected chi connectivity index (χ1v) is 5.22. The fraction of sp³-hybridized carbons (Fsp3) is 0.583. The van der Waals surface area contributed by atoms with Gasteiger partial charge in [0.2, 0.25) is 0 Å². The lowest BCUT2D eigenvalue weighted by Gasteiger charge is -2.38. The molecule has 1 rings (SSSR count). The maximum absolute atomic E-state index is 11.5. The van der Waals surface area contributed by atoms with Gasteiger partial charge in [-0.2, -0.15) is 13.5 Å². The van der Waals surface area contributed by atoms with Crippen LogP contribution in [0.3, 0.4) is 0 Å². The molecular formula is C12H19NO3S. The van der Waals surface area contributed by atoms with Gasteiger partial charge in [-0.1, -0.05) is 13.8 Å². The topological polar surface area (TPSA) is 54.5 Å². The molecule has 0 aromatic rings. The largest absolute Gasteiger partial charge is 0.303 e. The molecule has 0 N–H and O–H groups in total. The summed E-state index contributed by atoms with van der Waals surface area (Å²) in [4.78, 5) is 35.2. The molecule has 1 aliphatic heterocycles. The number of hydrogen-bond donors (Lipinski definition) is 0. The van der Waals surface area contributed by atoms with Gasteiger partial charge in [0.25, 0.3) is 11.8 Å².